The number of nitrogens with one attached hydrogen (secondary N) is 1. The van der Waals surface area contributed by atoms with Crippen molar-refractivity contribution in [1.82, 2.24) is 15.2 Å². The fourth-order valence-electron chi connectivity index (χ4n) is 6.04. The van der Waals surface area contributed by atoms with Crippen LogP contribution in [0.25, 0.3) is 0 Å². The molecule has 312 valence electrons. The van der Waals surface area contributed by atoms with E-state index in [0.29, 0.717) is 42.0 Å². The molecule has 0 saturated carbocycles. The number of piperidine rings is 1. The molecule has 0 spiro atoms. The molecule has 5 N–H and O–H groups in total. The Balaban J connectivity index is 0.000000335. The van der Waals surface area contributed by atoms with Crippen molar-refractivity contribution in [3.63, 3.8) is 0 Å². The second-order valence-corrected chi connectivity index (χ2v) is 13.3. The summed E-state index contributed by atoms with van der Waals surface area (Å²) in [7, 11) is 0. The van der Waals surface area contributed by atoms with Gasteiger partial charge in [-0.15, -0.1) is 12.4 Å². The number of Topliss-reactive ketones (excluding diaryl/α,β-unsaturated/α-hetero) is 1. The van der Waals surface area contributed by atoms with E-state index in [-0.39, 0.29) is 73.9 Å². The summed E-state index contributed by atoms with van der Waals surface area (Å²) >= 11 is 11.5. The monoisotopic (exact) mass is 876 g/mol. The summed E-state index contributed by atoms with van der Waals surface area (Å²) in [5.74, 6) is 1.12. The van der Waals surface area contributed by atoms with E-state index < -0.39 is 35.1 Å². The first-order chi connectivity index (χ1) is 27.4. The molecule has 2 aliphatic heterocycles. The number of aromatic nitrogens is 2. The largest absolute Gasteiger partial charge is 0.384 e. The standard InChI is InChI=1S/C20H15ClFN5O.C12H8ClFN2O2.C8H9N3.2CH4.ClH/c21-15-5-2-6-16(17(15)22)26-8-7-14-18(20(26)28)25-27(19(14)24)11-13-4-1-3-12(9-13)10-23;13-8-2-1-3-9(10(8)14)16-5-4-7(6-15)11(17)12(16)18;9-5-7-2-1-3-8(4-7)6-11-10;;;/h1-6,9H,7-8,11,24H2;1-3,7H,4-5H2;1-4,11H,6,10H2;2*1H4;1H. The molecule has 18 heteroatoms. The number of nitrogens with two attached hydrogens (primary N) is 2. The molecule has 1 fully saturated rings. The number of halogens is 5. The van der Waals surface area contributed by atoms with E-state index in [1.165, 1.54) is 39.9 Å². The minimum Gasteiger partial charge on any atom is -0.384 e. The van der Waals surface area contributed by atoms with Crippen molar-refractivity contribution in [1.29, 1.82) is 15.8 Å². The van der Waals surface area contributed by atoms with Gasteiger partial charge in [-0.25, -0.2) is 13.5 Å². The molecular formula is C42H41Cl3F2N10O3. The van der Waals surface area contributed by atoms with E-state index in [0.717, 1.165) is 16.0 Å². The predicted molar refractivity (Wildman–Crippen MR) is 229 cm³/mol. The first-order valence-corrected chi connectivity index (χ1v) is 17.9. The zero-order valence-electron chi connectivity index (χ0n) is 30.3. The highest BCUT2D eigenvalue weighted by Crippen LogP contribution is 2.32. The number of fused-ring (bicyclic) bond motifs is 1. The SMILES string of the molecule is C.C.Cl.N#CC1CCN(c2cccc(Cl)c2F)C(=O)C1=O.N#Cc1cccc(CNN)c1.N#Cc1cccc(Cn2nc3c(c2N)CCN(c2cccc(Cl)c2F)C3=O)c1. The van der Waals surface area contributed by atoms with Gasteiger partial charge in [0.1, 0.15) is 11.7 Å². The predicted octanol–water partition coefficient (Wildman–Crippen LogP) is 7.52. The van der Waals surface area contributed by atoms with E-state index in [9.17, 15) is 23.2 Å². The van der Waals surface area contributed by atoms with Crippen LogP contribution in [0.4, 0.5) is 26.0 Å². The van der Waals surface area contributed by atoms with Crippen LogP contribution in [-0.2, 0) is 29.1 Å². The van der Waals surface area contributed by atoms with Crippen molar-refractivity contribution < 1.29 is 23.2 Å². The Morgan fingerprint density at radius 1 is 0.783 bits per heavy atom. The van der Waals surface area contributed by atoms with Gasteiger partial charge in [0.15, 0.2) is 17.3 Å². The number of anilines is 3. The van der Waals surface area contributed by atoms with E-state index in [1.54, 1.807) is 42.5 Å². The van der Waals surface area contributed by atoms with Gasteiger partial charge in [0.2, 0.25) is 5.78 Å². The zero-order valence-corrected chi connectivity index (χ0v) is 32.7. The minimum atomic E-state index is -0.934. The first-order valence-electron chi connectivity index (χ1n) is 17.1. The summed E-state index contributed by atoms with van der Waals surface area (Å²) in [6.07, 6.45) is 0.657. The molecular weight excluding hydrogens is 837 g/mol. The molecule has 1 unspecified atom stereocenters. The number of amides is 2. The molecule has 1 aromatic heterocycles. The second-order valence-electron chi connectivity index (χ2n) is 12.5. The molecule has 5 aromatic rings. The second kappa shape index (κ2) is 22.7. The van der Waals surface area contributed by atoms with Crippen LogP contribution >= 0.6 is 35.6 Å². The summed E-state index contributed by atoms with van der Waals surface area (Å²) in [5, 5.41) is 30.5. The first kappa shape index (κ1) is 49.8. The molecule has 0 radical (unpaired) electrons. The van der Waals surface area contributed by atoms with Gasteiger partial charge < -0.3 is 15.5 Å². The van der Waals surface area contributed by atoms with Gasteiger partial charge in [0.05, 0.1) is 57.3 Å². The number of nitrogen functional groups attached to an aromatic ring is 1. The third-order valence-electron chi connectivity index (χ3n) is 8.89. The minimum absolute atomic E-state index is 0. The Morgan fingerprint density at radius 3 is 1.83 bits per heavy atom. The van der Waals surface area contributed by atoms with Crippen LogP contribution < -0.4 is 26.8 Å². The molecule has 4 aromatic carbocycles. The quantitative estimate of drug-likeness (QED) is 0.0867. The van der Waals surface area contributed by atoms with Crippen molar-refractivity contribution in [3.8, 4) is 18.2 Å². The van der Waals surface area contributed by atoms with Crippen LogP contribution in [-0.4, -0.2) is 40.5 Å². The number of carbonyl (C=O) groups excluding carboxylic acids is 3. The van der Waals surface area contributed by atoms with Gasteiger partial charge in [0.25, 0.3) is 11.8 Å². The molecule has 1 saturated heterocycles. The lowest BCUT2D eigenvalue weighted by Crippen LogP contribution is -2.46. The Morgan fingerprint density at radius 2 is 1.30 bits per heavy atom. The van der Waals surface area contributed by atoms with Gasteiger partial charge in [-0.1, -0.05) is 74.5 Å². The molecule has 1 atom stereocenters. The number of hydrogen-bond donors (Lipinski definition) is 3. The Kier molecular flexibility index (Phi) is 18.8. The third kappa shape index (κ3) is 11.2. The van der Waals surface area contributed by atoms with Crippen LogP contribution in [0.15, 0.2) is 84.9 Å². The van der Waals surface area contributed by atoms with Crippen molar-refractivity contribution in [2.45, 2.75) is 40.8 Å². The average molecular weight is 878 g/mol. The molecule has 3 heterocycles. The smallest absolute Gasteiger partial charge is 0.295 e. The van der Waals surface area contributed by atoms with E-state index in [2.05, 4.69) is 22.7 Å². The highest BCUT2D eigenvalue weighted by Gasteiger charge is 2.37. The van der Waals surface area contributed by atoms with Crippen LogP contribution in [0.1, 0.15) is 59.6 Å². The van der Waals surface area contributed by atoms with Crippen LogP contribution in [0.5, 0.6) is 0 Å². The maximum absolute atomic E-state index is 14.4. The van der Waals surface area contributed by atoms with Crippen molar-refractivity contribution >= 4 is 70.4 Å². The van der Waals surface area contributed by atoms with Crippen molar-refractivity contribution in [2.75, 3.05) is 28.6 Å². The highest BCUT2D eigenvalue weighted by molar-refractivity contribution is 6.43. The summed E-state index contributed by atoms with van der Waals surface area (Å²) in [5.41, 5.74) is 12.8. The molecule has 60 heavy (non-hydrogen) atoms. The lowest BCUT2D eigenvalue weighted by Gasteiger charge is -2.28. The number of nitrogens with zero attached hydrogens (tertiary/aromatic N) is 7. The molecule has 2 amide bonds. The Bertz CT molecular complexity index is 2480. The number of hydrogen-bond acceptors (Lipinski definition) is 10. The lowest BCUT2D eigenvalue weighted by molar-refractivity contribution is -0.139. The number of rotatable bonds is 6. The zero-order chi connectivity index (χ0) is 41.2. The fraction of sp³-hybridized carbons (Fsp3) is 0.214. The summed E-state index contributed by atoms with van der Waals surface area (Å²) in [4.78, 5) is 38.6. The number of carbonyl (C=O) groups is 3. The normalized spacial score (nSPS) is 13.8. The number of benzene rings is 4. The highest BCUT2D eigenvalue weighted by atomic mass is 35.5. The maximum atomic E-state index is 14.4. The topological polar surface area (TPSA) is 211 Å². The summed E-state index contributed by atoms with van der Waals surface area (Å²) in [6, 6.07) is 29.1. The number of ketones is 1. The van der Waals surface area contributed by atoms with E-state index in [1.807, 2.05) is 18.2 Å². The lowest BCUT2D eigenvalue weighted by atomic mass is 9.96. The number of hydrazine groups is 1. The Labute approximate surface area is 362 Å². The van der Waals surface area contributed by atoms with Gasteiger partial charge in [-0.2, -0.15) is 20.9 Å². The Hall–Kier alpha value is -6.38. The van der Waals surface area contributed by atoms with Crippen molar-refractivity contribution in [2.24, 2.45) is 11.8 Å². The number of nitriles is 3. The molecule has 2 aliphatic rings. The molecule has 0 bridgehead atoms. The summed E-state index contributed by atoms with van der Waals surface area (Å²) in [6.45, 7) is 1.33. The maximum Gasteiger partial charge on any atom is 0.295 e. The van der Waals surface area contributed by atoms with Crippen LogP contribution in [0.3, 0.4) is 0 Å². The van der Waals surface area contributed by atoms with E-state index in [4.69, 9.17) is 50.6 Å². The molecule has 13 nitrogen and oxygen atoms in total. The van der Waals surface area contributed by atoms with Gasteiger partial charge in [-0.3, -0.25) is 25.7 Å². The summed E-state index contributed by atoms with van der Waals surface area (Å²) < 4.78 is 29.7. The van der Waals surface area contributed by atoms with Crippen molar-refractivity contribution in [3.05, 3.63) is 140 Å². The molecule has 7 rings (SSSR count). The van der Waals surface area contributed by atoms with Gasteiger partial charge in [-0.05, 0) is 72.5 Å². The van der Waals surface area contributed by atoms with Crippen LogP contribution in [0.2, 0.25) is 10.0 Å². The average Bonchev–Trinajstić information content (AvgIpc) is 3.54. The fourth-order valence-corrected chi connectivity index (χ4v) is 6.38. The van der Waals surface area contributed by atoms with E-state index >= 15 is 0 Å². The van der Waals surface area contributed by atoms with Gasteiger partial charge >= 0.3 is 0 Å². The molecule has 0 aliphatic carbocycles. The van der Waals surface area contributed by atoms with Crippen LogP contribution in [0, 0.1) is 51.5 Å². The third-order valence-corrected chi connectivity index (χ3v) is 9.48. The van der Waals surface area contributed by atoms with Gasteiger partial charge in [0, 0.05) is 25.2 Å².